The zero-order chi connectivity index (χ0) is 12.8. The Labute approximate surface area is 103 Å². The van der Waals surface area contributed by atoms with Gasteiger partial charge < -0.3 is 5.32 Å². The van der Waals surface area contributed by atoms with Gasteiger partial charge in [0, 0.05) is 24.2 Å². The summed E-state index contributed by atoms with van der Waals surface area (Å²) in [7, 11) is 0. The minimum absolute atomic E-state index is 0.224. The third kappa shape index (κ3) is 6.49. The Morgan fingerprint density at radius 1 is 1.12 bits per heavy atom. The summed E-state index contributed by atoms with van der Waals surface area (Å²) in [6.07, 6.45) is 2.46. The fourth-order valence-corrected chi connectivity index (χ4v) is 2.04. The molecule has 2 nitrogen and oxygen atoms in total. The highest BCUT2D eigenvalue weighted by Gasteiger charge is 2.20. The van der Waals surface area contributed by atoms with Crippen molar-refractivity contribution in [1.82, 2.24) is 10.2 Å². The molecule has 0 spiro atoms. The molecule has 0 fully saturated rings. The molecule has 16 heavy (non-hydrogen) atoms. The number of nitrogens with zero attached hydrogens (tertiary/aromatic N) is 1. The molecule has 0 bridgehead atoms. The average molecular weight is 228 g/mol. The molecule has 0 aliphatic carbocycles. The molecular formula is C14H32N2. The molecular weight excluding hydrogens is 196 g/mol. The smallest absolute Gasteiger partial charge is 0.0220 e. The van der Waals surface area contributed by atoms with Crippen molar-refractivity contribution in [2.24, 2.45) is 0 Å². The van der Waals surface area contributed by atoms with Gasteiger partial charge in [0.25, 0.3) is 0 Å². The van der Waals surface area contributed by atoms with Gasteiger partial charge in [-0.05, 0) is 54.0 Å². The van der Waals surface area contributed by atoms with Crippen molar-refractivity contribution in [1.29, 1.82) is 0 Å². The van der Waals surface area contributed by atoms with E-state index in [-0.39, 0.29) is 5.54 Å². The van der Waals surface area contributed by atoms with Crippen molar-refractivity contribution >= 4 is 0 Å². The SMILES string of the molecule is CCCN(C(C)C)C(CC)CNC(C)(C)C. The molecule has 0 aromatic heterocycles. The molecule has 0 aromatic rings. The van der Waals surface area contributed by atoms with E-state index in [9.17, 15) is 0 Å². The van der Waals surface area contributed by atoms with E-state index in [4.69, 9.17) is 0 Å². The zero-order valence-corrected chi connectivity index (χ0v) is 12.4. The Morgan fingerprint density at radius 3 is 2.00 bits per heavy atom. The van der Waals surface area contributed by atoms with Gasteiger partial charge in [0.15, 0.2) is 0 Å². The van der Waals surface area contributed by atoms with Crippen LogP contribution in [0.5, 0.6) is 0 Å². The fraction of sp³-hybridized carbons (Fsp3) is 1.00. The lowest BCUT2D eigenvalue weighted by molar-refractivity contribution is 0.139. The molecule has 1 unspecified atom stereocenters. The summed E-state index contributed by atoms with van der Waals surface area (Å²) < 4.78 is 0. The fourth-order valence-electron chi connectivity index (χ4n) is 2.04. The molecule has 2 heteroatoms. The molecule has 0 saturated heterocycles. The van der Waals surface area contributed by atoms with Crippen LogP contribution >= 0.6 is 0 Å². The van der Waals surface area contributed by atoms with Crippen LogP contribution in [0.3, 0.4) is 0 Å². The third-order valence-corrected chi connectivity index (χ3v) is 2.95. The molecule has 98 valence electrons. The van der Waals surface area contributed by atoms with Gasteiger partial charge in [0.2, 0.25) is 0 Å². The molecule has 0 aromatic carbocycles. The molecule has 0 saturated carbocycles. The van der Waals surface area contributed by atoms with E-state index >= 15 is 0 Å². The quantitative estimate of drug-likeness (QED) is 0.719. The first kappa shape index (κ1) is 15.9. The first-order valence-corrected chi connectivity index (χ1v) is 6.82. The molecule has 1 N–H and O–H groups in total. The lowest BCUT2D eigenvalue weighted by atomic mass is 10.1. The molecule has 0 aliphatic rings. The molecule has 0 aliphatic heterocycles. The molecule has 0 heterocycles. The van der Waals surface area contributed by atoms with Crippen molar-refractivity contribution in [3.63, 3.8) is 0 Å². The highest BCUT2D eigenvalue weighted by Crippen LogP contribution is 2.11. The van der Waals surface area contributed by atoms with Crippen LogP contribution in [0.15, 0.2) is 0 Å². The van der Waals surface area contributed by atoms with Gasteiger partial charge in [-0.25, -0.2) is 0 Å². The van der Waals surface area contributed by atoms with Gasteiger partial charge in [0.05, 0.1) is 0 Å². The highest BCUT2D eigenvalue weighted by atomic mass is 15.2. The van der Waals surface area contributed by atoms with Crippen molar-refractivity contribution < 1.29 is 0 Å². The number of rotatable bonds is 7. The van der Waals surface area contributed by atoms with E-state index in [1.807, 2.05) is 0 Å². The topological polar surface area (TPSA) is 15.3 Å². The molecule has 0 rings (SSSR count). The van der Waals surface area contributed by atoms with E-state index in [0.717, 1.165) is 6.54 Å². The van der Waals surface area contributed by atoms with Crippen molar-refractivity contribution in [3.05, 3.63) is 0 Å². The standard InChI is InChI=1S/C14H32N2/c1-8-10-16(12(3)4)13(9-2)11-15-14(5,6)7/h12-13,15H,8-11H2,1-7H3. The summed E-state index contributed by atoms with van der Waals surface area (Å²) >= 11 is 0. The summed E-state index contributed by atoms with van der Waals surface area (Å²) in [6, 6.07) is 1.31. The monoisotopic (exact) mass is 228 g/mol. The Hall–Kier alpha value is -0.0800. The van der Waals surface area contributed by atoms with Crippen LogP contribution < -0.4 is 5.32 Å². The van der Waals surface area contributed by atoms with E-state index in [0.29, 0.717) is 12.1 Å². The largest absolute Gasteiger partial charge is 0.311 e. The van der Waals surface area contributed by atoms with E-state index in [2.05, 4.69) is 58.7 Å². The predicted molar refractivity (Wildman–Crippen MR) is 74.0 cm³/mol. The summed E-state index contributed by atoms with van der Waals surface area (Å²) in [5, 5.41) is 3.62. The normalized spacial score (nSPS) is 14.8. The maximum Gasteiger partial charge on any atom is 0.0220 e. The zero-order valence-electron chi connectivity index (χ0n) is 12.4. The molecule has 0 radical (unpaired) electrons. The van der Waals surface area contributed by atoms with Gasteiger partial charge in [0.1, 0.15) is 0 Å². The highest BCUT2D eigenvalue weighted by molar-refractivity contribution is 4.79. The molecule has 0 amide bonds. The minimum atomic E-state index is 0.224. The van der Waals surface area contributed by atoms with Crippen LogP contribution in [0.2, 0.25) is 0 Å². The third-order valence-electron chi connectivity index (χ3n) is 2.95. The Kier molecular flexibility index (Phi) is 7.25. The second-order valence-corrected chi connectivity index (χ2v) is 6.02. The van der Waals surface area contributed by atoms with Crippen molar-refractivity contribution in [3.8, 4) is 0 Å². The van der Waals surface area contributed by atoms with Crippen LogP contribution in [0.25, 0.3) is 0 Å². The Bertz CT molecular complexity index is 170. The number of hydrogen-bond donors (Lipinski definition) is 1. The predicted octanol–water partition coefficient (Wildman–Crippen LogP) is 3.27. The Balaban J connectivity index is 4.31. The number of hydrogen-bond acceptors (Lipinski definition) is 2. The summed E-state index contributed by atoms with van der Waals surface area (Å²) in [4.78, 5) is 2.62. The van der Waals surface area contributed by atoms with Gasteiger partial charge in [-0.2, -0.15) is 0 Å². The second-order valence-electron chi connectivity index (χ2n) is 6.02. The number of nitrogens with one attached hydrogen (secondary N) is 1. The van der Waals surface area contributed by atoms with Gasteiger partial charge >= 0.3 is 0 Å². The summed E-state index contributed by atoms with van der Waals surface area (Å²) in [5.74, 6) is 0. The first-order valence-electron chi connectivity index (χ1n) is 6.82. The minimum Gasteiger partial charge on any atom is -0.311 e. The lowest BCUT2D eigenvalue weighted by Gasteiger charge is -2.36. The van der Waals surface area contributed by atoms with E-state index < -0.39 is 0 Å². The maximum atomic E-state index is 3.62. The molecule has 1 atom stereocenters. The van der Waals surface area contributed by atoms with Crippen LogP contribution in [0.4, 0.5) is 0 Å². The van der Waals surface area contributed by atoms with Crippen molar-refractivity contribution in [2.75, 3.05) is 13.1 Å². The average Bonchev–Trinajstić information content (AvgIpc) is 2.15. The first-order chi connectivity index (χ1) is 7.31. The van der Waals surface area contributed by atoms with Crippen LogP contribution in [0, 0.1) is 0 Å². The van der Waals surface area contributed by atoms with Gasteiger partial charge in [-0.15, -0.1) is 0 Å². The van der Waals surface area contributed by atoms with Crippen LogP contribution in [0.1, 0.15) is 61.3 Å². The van der Waals surface area contributed by atoms with Crippen LogP contribution in [-0.2, 0) is 0 Å². The van der Waals surface area contributed by atoms with E-state index in [1.165, 1.54) is 19.4 Å². The Morgan fingerprint density at radius 2 is 1.69 bits per heavy atom. The van der Waals surface area contributed by atoms with Gasteiger partial charge in [-0.3, -0.25) is 4.90 Å². The maximum absolute atomic E-state index is 3.62. The van der Waals surface area contributed by atoms with Crippen LogP contribution in [-0.4, -0.2) is 35.6 Å². The second kappa shape index (κ2) is 7.29. The summed E-state index contributed by atoms with van der Waals surface area (Å²) in [5.41, 5.74) is 0.224. The van der Waals surface area contributed by atoms with Crippen molar-refractivity contribution in [2.45, 2.75) is 78.9 Å². The summed E-state index contributed by atoms with van der Waals surface area (Å²) in [6.45, 7) is 18.2. The van der Waals surface area contributed by atoms with E-state index in [1.54, 1.807) is 0 Å². The lowest BCUT2D eigenvalue weighted by Crippen LogP contribution is -2.49. The van der Waals surface area contributed by atoms with Gasteiger partial charge in [-0.1, -0.05) is 13.8 Å².